The molecule has 0 spiro atoms. The summed E-state index contributed by atoms with van der Waals surface area (Å²) < 4.78 is 5.55. The van der Waals surface area contributed by atoms with Gasteiger partial charge in [0.05, 0.1) is 7.11 Å². The highest BCUT2D eigenvalue weighted by atomic mass is 16.5. The Morgan fingerprint density at radius 2 is 2.00 bits per heavy atom. The zero-order valence-corrected chi connectivity index (χ0v) is 17.0. The second-order valence-corrected chi connectivity index (χ2v) is 9.37. The van der Waals surface area contributed by atoms with Crippen molar-refractivity contribution in [2.45, 2.75) is 72.1 Å². The maximum Gasteiger partial charge on any atom is 0.119 e. The van der Waals surface area contributed by atoms with Gasteiger partial charge in [-0.15, -0.1) is 0 Å². The molecule has 0 heterocycles. The molecular weight excluding hydrogens is 308 g/mol. The fourth-order valence-corrected chi connectivity index (χ4v) is 6.76. The van der Waals surface area contributed by atoms with Crippen LogP contribution < -0.4 is 4.74 Å². The van der Waals surface area contributed by atoms with Crippen LogP contribution in [0.5, 0.6) is 5.75 Å². The first-order valence-corrected chi connectivity index (χ1v) is 10.1. The Hall–Kier alpha value is -1.02. The molecule has 0 bridgehead atoms. The first kappa shape index (κ1) is 18.8. The van der Waals surface area contributed by atoms with E-state index in [1.807, 2.05) is 0 Å². The van der Waals surface area contributed by atoms with Crippen molar-refractivity contribution in [3.63, 3.8) is 0 Å². The van der Waals surface area contributed by atoms with Crippen molar-refractivity contribution in [2.24, 2.45) is 23.2 Å². The van der Waals surface area contributed by atoms with Crippen LogP contribution in [-0.4, -0.2) is 18.8 Å². The predicted octanol–water partition coefficient (Wildman–Crippen LogP) is 5.28. The number of hydrogen-bond donors (Lipinski definition) is 1. The molecule has 2 aliphatic carbocycles. The summed E-state index contributed by atoms with van der Waals surface area (Å²) in [5.74, 6) is 3.10. The van der Waals surface area contributed by atoms with Crippen LogP contribution in [0.25, 0.3) is 0 Å². The highest BCUT2D eigenvalue weighted by Gasteiger charge is 2.57. The Kier molecular flexibility index (Phi) is 4.96. The maximum atomic E-state index is 9.51. The van der Waals surface area contributed by atoms with Gasteiger partial charge in [-0.25, -0.2) is 0 Å². The van der Waals surface area contributed by atoms with Gasteiger partial charge >= 0.3 is 0 Å². The molecule has 1 aromatic rings. The summed E-state index contributed by atoms with van der Waals surface area (Å²) >= 11 is 0. The summed E-state index contributed by atoms with van der Waals surface area (Å²) in [6, 6.07) is 4.49. The summed E-state index contributed by atoms with van der Waals surface area (Å²) in [6.45, 7) is 12.4. The van der Waals surface area contributed by atoms with E-state index in [9.17, 15) is 5.11 Å². The van der Waals surface area contributed by atoms with E-state index in [1.54, 1.807) is 12.7 Å². The van der Waals surface area contributed by atoms with Gasteiger partial charge in [0.1, 0.15) is 5.75 Å². The van der Waals surface area contributed by atoms with Crippen molar-refractivity contribution >= 4 is 0 Å². The number of rotatable bonds is 5. The highest BCUT2D eigenvalue weighted by Crippen LogP contribution is 2.63. The molecule has 3 rings (SSSR count). The third kappa shape index (κ3) is 2.81. The first-order valence-electron chi connectivity index (χ1n) is 10.1. The summed E-state index contributed by atoms with van der Waals surface area (Å²) in [5, 5.41) is 9.51. The molecular formula is C23H36O2. The van der Waals surface area contributed by atoms with E-state index >= 15 is 0 Å². The lowest BCUT2D eigenvalue weighted by molar-refractivity contribution is -0.0391. The van der Waals surface area contributed by atoms with Gasteiger partial charge in [-0.3, -0.25) is 0 Å². The summed E-state index contributed by atoms with van der Waals surface area (Å²) in [7, 11) is 1.77. The van der Waals surface area contributed by atoms with Crippen LogP contribution in [0.2, 0.25) is 0 Å². The number of fused-ring (bicyclic) bond motifs is 3. The Balaban J connectivity index is 2.08. The van der Waals surface area contributed by atoms with Crippen LogP contribution in [0, 0.1) is 30.1 Å². The number of benzene rings is 1. The molecule has 1 saturated carbocycles. The number of aliphatic hydroxyl groups is 1. The molecule has 25 heavy (non-hydrogen) atoms. The Bertz CT molecular complexity index is 635. The lowest BCUT2D eigenvalue weighted by Crippen LogP contribution is -2.50. The van der Waals surface area contributed by atoms with Crippen molar-refractivity contribution in [3.8, 4) is 5.75 Å². The average molecular weight is 345 g/mol. The summed E-state index contributed by atoms with van der Waals surface area (Å²) in [4.78, 5) is 0. The molecule has 0 amide bonds. The lowest BCUT2D eigenvalue weighted by Gasteiger charge is -2.56. The normalized spacial score (nSPS) is 34.1. The Morgan fingerprint density at radius 3 is 2.60 bits per heavy atom. The number of methoxy groups -OCH3 is 1. The topological polar surface area (TPSA) is 29.5 Å². The molecule has 4 unspecified atom stereocenters. The van der Waals surface area contributed by atoms with Gasteiger partial charge in [0.2, 0.25) is 0 Å². The zero-order valence-electron chi connectivity index (χ0n) is 17.0. The van der Waals surface area contributed by atoms with Crippen molar-refractivity contribution in [2.75, 3.05) is 13.7 Å². The predicted molar refractivity (Wildman–Crippen MR) is 104 cm³/mol. The summed E-state index contributed by atoms with van der Waals surface area (Å²) in [5.41, 5.74) is 5.05. The molecule has 1 fully saturated rings. The van der Waals surface area contributed by atoms with Crippen molar-refractivity contribution in [3.05, 3.63) is 28.8 Å². The molecule has 0 saturated heterocycles. The van der Waals surface area contributed by atoms with Crippen molar-refractivity contribution in [1.29, 1.82) is 0 Å². The molecule has 140 valence electrons. The van der Waals surface area contributed by atoms with Crippen LogP contribution >= 0.6 is 0 Å². The molecule has 2 heteroatoms. The Labute approximate surface area is 154 Å². The minimum atomic E-state index is 0.265. The number of aliphatic hydroxyl groups excluding tert-OH is 1. The standard InChI is InChI=1S/C23H36O2/c1-15(2)19-8-10-23(5)20(22(19,4)9-7-11-24)14-17-13-18(25-6)12-16(3)21(17)23/h12-13,15,19-20,24H,7-11,14H2,1-6H3. The SMILES string of the molecule is COc1cc(C)c2c(c1)CC1C2(C)CCC(C(C)C)C1(C)CCCO. The molecule has 0 aliphatic heterocycles. The summed E-state index contributed by atoms with van der Waals surface area (Å²) in [6.07, 6.45) is 5.81. The Morgan fingerprint density at radius 1 is 1.28 bits per heavy atom. The quantitative estimate of drug-likeness (QED) is 0.787. The lowest BCUT2D eigenvalue weighted by atomic mass is 9.49. The first-order chi connectivity index (χ1) is 11.8. The van der Waals surface area contributed by atoms with Crippen LogP contribution in [0.1, 0.15) is 70.1 Å². The third-order valence-electron chi connectivity index (χ3n) is 7.69. The molecule has 2 aliphatic rings. The van der Waals surface area contributed by atoms with Crippen LogP contribution in [0.3, 0.4) is 0 Å². The van der Waals surface area contributed by atoms with E-state index < -0.39 is 0 Å². The monoisotopic (exact) mass is 344 g/mol. The van der Waals surface area contributed by atoms with Crippen LogP contribution in [0.15, 0.2) is 12.1 Å². The van der Waals surface area contributed by atoms with Gasteiger partial charge in [-0.05, 0) is 96.4 Å². The van der Waals surface area contributed by atoms with Crippen LogP contribution in [0.4, 0.5) is 0 Å². The second kappa shape index (κ2) is 6.61. The number of hydrogen-bond acceptors (Lipinski definition) is 2. The minimum Gasteiger partial charge on any atom is -0.497 e. The van der Waals surface area contributed by atoms with Gasteiger partial charge < -0.3 is 9.84 Å². The minimum absolute atomic E-state index is 0.265. The molecule has 4 atom stereocenters. The van der Waals surface area contributed by atoms with E-state index in [0.29, 0.717) is 23.9 Å². The molecule has 1 aromatic carbocycles. The number of ether oxygens (including phenoxy) is 1. The smallest absolute Gasteiger partial charge is 0.119 e. The van der Waals surface area contributed by atoms with Gasteiger partial charge in [-0.1, -0.05) is 27.7 Å². The van der Waals surface area contributed by atoms with E-state index in [4.69, 9.17) is 4.74 Å². The van der Waals surface area contributed by atoms with Gasteiger partial charge in [-0.2, -0.15) is 0 Å². The highest BCUT2D eigenvalue weighted by molar-refractivity contribution is 5.51. The number of aryl methyl sites for hydroxylation is 1. The van der Waals surface area contributed by atoms with E-state index in [2.05, 4.69) is 46.8 Å². The zero-order chi connectivity index (χ0) is 18.4. The van der Waals surface area contributed by atoms with Crippen LogP contribution in [-0.2, 0) is 11.8 Å². The van der Waals surface area contributed by atoms with Gasteiger partial charge in [0.25, 0.3) is 0 Å². The third-order valence-corrected chi connectivity index (χ3v) is 7.69. The fraction of sp³-hybridized carbons (Fsp3) is 0.739. The van der Waals surface area contributed by atoms with Gasteiger partial charge in [0, 0.05) is 6.61 Å². The largest absolute Gasteiger partial charge is 0.497 e. The van der Waals surface area contributed by atoms with E-state index in [-0.39, 0.29) is 5.41 Å². The van der Waals surface area contributed by atoms with Crippen molar-refractivity contribution in [1.82, 2.24) is 0 Å². The maximum absolute atomic E-state index is 9.51. The molecule has 0 radical (unpaired) electrons. The molecule has 0 aromatic heterocycles. The van der Waals surface area contributed by atoms with E-state index in [0.717, 1.165) is 30.9 Å². The average Bonchev–Trinajstić information content (AvgIpc) is 2.87. The molecule has 2 nitrogen and oxygen atoms in total. The van der Waals surface area contributed by atoms with E-state index in [1.165, 1.54) is 24.0 Å². The van der Waals surface area contributed by atoms with Crippen molar-refractivity contribution < 1.29 is 9.84 Å². The second-order valence-electron chi connectivity index (χ2n) is 9.37. The molecule has 1 N–H and O–H groups in total. The fourth-order valence-electron chi connectivity index (χ4n) is 6.76. The van der Waals surface area contributed by atoms with Gasteiger partial charge in [0.15, 0.2) is 0 Å².